The van der Waals surface area contributed by atoms with Gasteiger partial charge in [0, 0.05) is 23.0 Å². The molecule has 94 valence electrons. The Hall–Kier alpha value is -2.13. The van der Waals surface area contributed by atoms with Gasteiger partial charge in [0.2, 0.25) is 0 Å². The summed E-state index contributed by atoms with van der Waals surface area (Å²) in [7, 11) is 1.91. The number of aryl methyl sites for hydroxylation is 1. The minimum Gasteiger partial charge on any atom is -0.342 e. The number of fused-ring (bicyclic) bond motifs is 1. The molecule has 3 nitrogen and oxygen atoms in total. The van der Waals surface area contributed by atoms with Gasteiger partial charge < -0.3 is 4.57 Å². The first-order valence-corrected chi connectivity index (χ1v) is 6.27. The number of hydrogen-bond acceptors (Lipinski definition) is 2. The van der Waals surface area contributed by atoms with E-state index in [9.17, 15) is 4.91 Å². The quantitative estimate of drug-likeness (QED) is 0.610. The second-order valence-electron chi connectivity index (χ2n) is 4.34. The lowest BCUT2D eigenvalue weighted by atomic mass is 10.1. The minimum absolute atomic E-state index is 0.436. The van der Waals surface area contributed by atoms with Crippen LogP contribution in [0.5, 0.6) is 0 Å². The fraction of sp³-hybridized carbons (Fsp3) is 0.0667. The van der Waals surface area contributed by atoms with E-state index in [1.807, 2.05) is 60.1 Å². The molecular weight excluding hydrogens is 260 g/mol. The van der Waals surface area contributed by atoms with Crippen molar-refractivity contribution >= 4 is 28.2 Å². The first-order chi connectivity index (χ1) is 9.24. The van der Waals surface area contributed by atoms with Crippen molar-refractivity contribution < 1.29 is 0 Å². The number of para-hydroxylation sites is 1. The fourth-order valence-electron chi connectivity index (χ4n) is 2.43. The molecule has 19 heavy (non-hydrogen) atoms. The van der Waals surface area contributed by atoms with E-state index in [2.05, 4.69) is 5.18 Å². The third-order valence-corrected chi connectivity index (χ3v) is 3.63. The Labute approximate surface area is 115 Å². The van der Waals surface area contributed by atoms with Gasteiger partial charge in [-0.15, -0.1) is 4.91 Å². The van der Waals surface area contributed by atoms with E-state index in [1.54, 1.807) is 0 Å². The molecule has 0 saturated heterocycles. The smallest absolute Gasteiger partial charge is 0.141 e. The van der Waals surface area contributed by atoms with Crippen molar-refractivity contribution in [1.82, 2.24) is 4.57 Å². The molecule has 0 aliphatic heterocycles. The van der Waals surface area contributed by atoms with Gasteiger partial charge >= 0.3 is 0 Å². The van der Waals surface area contributed by atoms with Crippen LogP contribution in [0.15, 0.2) is 53.7 Å². The molecule has 3 aromatic rings. The van der Waals surface area contributed by atoms with Crippen LogP contribution in [0.1, 0.15) is 0 Å². The SMILES string of the molecule is Cn1c(-c2ccccc2Cl)c(N=O)c2ccccc21. The van der Waals surface area contributed by atoms with Gasteiger partial charge in [0.05, 0.1) is 11.2 Å². The average molecular weight is 271 g/mol. The van der Waals surface area contributed by atoms with E-state index in [-0.39, 0.29) is 0 Å². The Balaban J connectivity index is 2.45. The van der Waals surface area contributed by atoms with E-state index in [4.69, 9.17) is 11.6 Å². The second kappa shape index (κ2) is 4.52. The highest BCUT2D eigenvalue weighted by molar-refractivity contribution is 6.33. The predicted molar refractivity (Wildman–Crippen MR) is 78.8 cm³/mol. The van der Waals surface area contributed by atoms with Crippen LogP contribution in [0.4, 0.5) is 5.69 Å². The van der Waals surface area contributed by atoms with Gasteiger partial charge in [-0.2, -0.15) is 0 Å². The number of nitroso groups, excluding NO2 is 1. The van der Waals surface area contributed by atoms with E-state index in [0.29, 0.717) is 10.7 Å². The lowest BCUT2D eigenvalue weighted by Crippen LogP contribution is -1.91. The highest BCUT2D eigenvalue weighted by Gasteiger charge is 2.18. The summed E-state index contributed by atoms with van der Waals surface area (Å²) in [5.74, 6) is 0. The van der Waals surface area contributed by atoms with Crippen molar-refractivity contribution in [2.75, 3.05) is 0 Å². The van der Waals surface area contributed by atoms with Gasteiger partial charge in [-0.05, 0) is 17.3 Å². The molecule has 1 aromatic heterocycles. The highest BCUT2D eigenvalue weighted by Crippen LogP contribution is 2.41. The zero-order chi connectivity index (χ0) is 13.4. The summed E-state index contributed by atoms with van der Waals surface area (Å²) in [5.41, 5.74) is 2.97. The summed E-state index contributed by atoms with van der Waals surface area (Å²) in [5, 5.41) is 4.66. The molecule has 0 saturated carbocycles. The molecule has 0 atom stereocenters. The van der Waals surface area contributed by atoms with E-state index >= 15 is 0 Å². The van der Waals surface area contributed by atoms with Crippen molar-refractivity contribution in [2.24, 2.45) is 12.2 Å². The van der Waals surface area contributed by atoms with Gasteiger partial charge in [-0.3, -0.25) is 0 Å². The summed E-state index contributed by atoms with van der Waals surface area (Å²) in [6, 6.07) is 15.2. The first kappa shape index (κ1) is 11.9. The topological polar surface area (TPSA) is 34.4 Å². The minimum atomic E-state index is 0.436. The molecule has 3 rings (SSSR count). The second-order valence-corrected chi connectivity index (χ2v) is 4.75. The Morgan fingerprint density at radius 2 is 1.74 bits per heavy atom. The first-order valence-electron chi connectivity index (χ1n) is 5.89. The van der Waals surface area contributed by atoms with Gasteiger partial charge in [0.1, 0.15) is 5.69 Å². The maximum absolute atomic E-state index is 11.2. The Bertz CT molecular complexity index is 777. The number of rotatable bonds is 2. The van der Waals surface area contributed by atoms with E-state index in [1.165, 1.54) is 0 Å². The van der Waals surface area contributed by atoms with Gasteiger partial charge in [-0.1, -0.05) is 48.0 Å². The molecule has 0 bridgehead atoms. The fourth-order valence-corrected chi connectivity index (χ4v) is 2.65. The maximum Gasteiger partial charge on any atom is 0.141 e. The van der Waals surface area contributed by atoms with Crippen LogP contribution in [-0.4, -0.2) is 4.57 Å². The van der Waals surface area contributed by atoms with Crippen LogP contribution >= 0.6 is 11.6 Å². The molecule has 0 unspecified atom stereocenters. The zero-order valence-corrected chi connectivity index (χ0v) is 11.1. The molecule has 0 spiro atoms. The van der Waals surface area contributed by atoms with Crippen LogP contribution in [0.3, 0.4) is 0 Å². The normalized spacial score (nSPS) is 10.8. The lowest BCUT2D eigenvalue weighted by Gasteiger charge is -2.06. The Morgan fingerprint density at radius 1 is 1.05 bits per heavy atom. The molecule has 0 radical (unpaired) electrons. The van der Waals surface area contributed by atoms with Crippen LogP contribution < -0.4 is 0 Å². The van der Waals surface area contributed by atoms with Gasteiger partial charge in [-0.25, -0.2) is 0 Å². The predicted octanol–water partition coefficient (Wildman–Crippen LogP) is 4.90. The highest BCUT2D eigenvalue weighted by atomic mass is 35.5. The number of halogens is 1. The van der Waals surface area contributed by atoms with Crippen LogP contribution in [-0.2, 0) is 7.05 Å². The lowest BCUT2D eigenvalue weighted by molar-refractivity contribution is 0.978. The van der Waals surface area contributed by atoms with Crippen molar-refractivity contribution in [1.29, 1.82) is 0 Å². The van der Waals surface area contributed by atoms with Crippen molar-refractivity contribution in [2.45, 2.75) is 0 Å². The third-order valence-electron chi connectivity index (χ3n) is 3.30. The Morgan fingerprint density at radius 3 is 2.47 bits per heavy atom. The summed E-state index contributed by atoms with van der Waals surface area (Å²) in [6.45, 7) is 0. The molecule has 0 fully saturated rings. The molecule has 0 amide bonds. The average Bonchev–Trinajstić information content (AvgIpc) is 2.73. The standard InChI is InChI=1S/C15H11ClN2O/c1-18-13-9-5-3-7-11(13)14(17-19)15(18)10-6-2-4-8-12(10)16/h2-9H,1H3. The molecule has 0 N–H and O–H groups in total. The molecule has 1 heterocycles. The molecule has 0 aliphatic rings. The molecule has 2 aromatic carbocycles. The largest absolute Gasteiger partial charge is 0.342 e. The number of benzene rings is 2. The summed E-state index contributed by atoms with van der Waals surface area (Å²) >= 11 is 6.23. The van der Waals surface area contributed by atoms with Crippen molar-refractivity contribution in [3.8, 4) is 11.3 Å². The van der Waals surface area contributed by atoms with Crippen LogP contribution in [0.2, 0.25) is 5.02 Å². The van der Waals surface area contributed by atoms with Gasteiger partial charge in [0.15, 0.2) is 0 Å². The number of aromatic nitrogens is 1. The van der Waals surface area contributed by atoms with Crippen LogP contribution in [0, 0.1) is 4.91 Å². The van der Waals surface area contributed by atoms with Gasteiger partial charge in [0.25, 0.3) is 0 Å². The molecule has 4 heteroatoms. The van der Waals surface area contributed by atoms with E-state index < -0.39 is 0 Å². The number of nitrogens with zero attached hydrogens (tertiary/aromatic N) is 2. The molecular formula is C15H11ClN2O. The van der Waals surface area contributed by atoms with E-state index in [0.717, 1.165) is 22.2 Å². The molecule has 0 aliphatic carbocycles. The summed E-state index contributed by atoms with van der Waals surface area (Å²) in [4.78, 5) is 11.2. The van der Waals surface area contributed by atoms with Crippen molar-refractivity contribution in [3.05, 3.63) is 58.5 Å². The summed E-state index contributed by atoms with van der Waals surface area (Å²) in [6.07, 6.45) is 0. The number of hydrogen-bond donors (Lipinski definition) is 0. The monoisotopic (exact) mass is 270 g/mol. The Kier molecular flexibility index (Phi) is 2.84. The summed E-state index contributed by atoms with van der Waals surface area (Å²) < 4.78 is 1.95. The third kappa shape index (κ3) is 1.74. The zero-order valence-electron chi connectivity index (χ0n) is 10.3. The maximum atomic E-state index is 11.2. The van der Waals surface area contributed by atoms with Crippen molar-refractivity contribution in [3.63, 3.8) is 0 Å². The van der Waals surface area contributed by atoms with Crippen LogP contribution in [0.25, 0.3) is 22.2 Å².